The van der Waals surface area contributed by atoms with Crippen molar-refractivity contribution in [1.82, 2.24) is 4.98 Å². The predicted molar refractivity (Wildman–Crippen MR) is 72.5 cm³/mol. The number of hydrogen-bond donors (Lipinski definition) is 1. The molecule has 21 heavy (non-hydrogen) atoms. The van der Waals surface area contributed by atoms with Gasteiger partial charge in [0.1, 0.15) is 5.82 Å². The molecule has 1 aliphatic heterocycles. The Morgan fingerprint density at radius 1 is 1.57 bits per heavy atom. The molecule has 0 amide bonds. The van der Waals surface area contributed by atoms with Crippen LogP contribution >= 0.6 is 11.6 Å². The summed E-state index contributed by atoms with van der Waals surface area (Å²) >= 11 is 5.82. The van der Waals surface area contributed by atoms with Crippen LogP contribution < -0.4 is 5.32 Å². The first-order chi connectivity index (χ1) is 9.86. The summed E-state index contributed by atoms with van der Waals surface area (Å²) in [6, 6.07) is 0.724. The molecule has 2 heterocycles. The van der Waals surface area contributed by atoms with E-state index in [2.05, 4.69) is 10.3 Å². The number of pyridine rings is 1. The highest BCUT2D eigenvalue weighted by atomic mass is 35.5. The van der Waals surface area contributed by atoms with Crippen LogP contribution in [0.4, 0.5) is 19.0 Å². The van der Waals surface area contributed by atoms with Crippen molar-refractivity contribution in [1.29, 1.82) is 0 Å². The average Bonchev–Trinajstić information content (AvgIpc) is 2.91. The van der Waals surface area contributed by atoms with E-state index in [1.54, 1.807) is 0 Å². The van der Waals surface area contributed by atoms with Crippen molar-refractivity contribution in [2.75, 3.05) is 25.1 Å². The van der Waals surface area contributed by atoms with E-state index in [-0.39, 0.29) is 23.0 Å². The zero-order valence-corrected chi connectivity index (χ0v) is 12.2. The van der Waals surface area contributed by atoms with E-state index < -0.39 is 11.7 Å². The van der Waals surface area contributed by atoms with Crippen molar-refractivity contribution in [3.05, 3.63) is 22.8 Å². The second-order valence-corrected chi connectivity index (χ2v) is 5.32. The first-order valence-electron chi connectivity index (χ1n) is 6.55. The van der Waals surface area contributed by atoms with Crippen LogP contribution in [0.1, 0.15) is 18.9 Å². The van der Waals surface area contributed by atoms with E-state index in [0.29, 0.717) is 19.8 Å². The smallest absolute Gasteiger partial charge is 0.379 e. The van der Waals surface area contributed by atoms with Crippen LogP contribution in [0.5, 0.6) is 0 Å². The topological polar surface area (TPSA) is 43.4 Å². The Labute approximate surface area is 125 Å². The normalized spacial score (nSPS) is 20.5. The van der Waals surface area contributed by atoms with E-state index in [0.717, 1.165) is 18.7 Å². The van der Waals surface area contributed by atoms with Gasteiger partial charge in [0.25, 0.3) is 0 Å². The minimum atomic E-state index is -4.45. The third-order valence-electron chi connectivity index (χ3n) is 3.02. The number of ether oxygens (including phenoxy) is 2. The molecule has 4 nitrogen and oxygen atoms in total. The van der Waals surface area contributed by atoms with Gasteiger partial charge >= 0.3 is 6.18 Å². The molecule has 0 saturated carbocycles. The van der Waals surface area contributed by atoms with Crippen LogP contribution in [0.25, 0.3) is 0 Å². The summed E-state index contributed by atoms with van der Waals surface area (Å²) < 4.78 is 48.3. The van der Waals surface area contributed by atoms with Gasteiger partial charge in [0.05, 0.1) is 29.9 Å². The lowest BCUT2D eigenvalue weighted by Crippen LogP contribution is -2.26. The number of hydrogen-bond acceptors (Lipinski definition) is 4. The van der Waals surface area contributed by atoms with Crippen molar-refractivity contribution in [3.63, 3.8) is 0 Å². The van der Waals surface area contributed by atoms with E-state index in [9.17, 15) is 13.2 Å². The largest absolute Gasteiger partial charge is 0.417 e. The fraction of sp³-hybridized carbons (Fsp3) is 0.615. The monoisotopic (exact) mass is 324 g/mol. The molecule has 1 N–H and O–H groups in total. The quantitative estimate of drug-likeness (QED) is 0.902. The summed E-state index contributed by atoms with van der Waals surface area (Å²) in [7, 11) is 0. The number of nitrogens with one attached hydrogen (secondary N) is 1. The number of rotatable bonds is 5. The summed E-state index contributed by atoms with van der Waals surface area (Å²) in [5.41, 5.74) is -0.870. The molecule has 0 bridgehead atoms. The molecule has 1 aromatic heterocycles. The molecule has 0 radical (unpaired) electrons. The van der Waals surface area contributed by atoms with Crippen LogP contribution in [0.2, 0.25) is 5.02 Å². The summed E-state index contributed by atoms with van der Waals surface area (Å²) in [6.07, 6.45) is -2.77. The summed E-state index contributed by atoms with van der Waals surface area (Å²) in [4.78, 5) is 3.72. The summed E-state index contributed by atoms with van der Waals surface area (Å²) in [5, 5.41) is 2.87. The minimum absolute atomic E-state index is 0.0686. The predicted octanol–water partition coefficient (Wildman–Crippen LogP) is 3.36. The van der Waals surface area contributed by atoms with Crippen molar-refractivity contribution < 1.29 is 22.6 Å². The molecule has 0 aromatic carbocycles. The highest BCUT2D eigenvalue weighted by Gasteiger charge is 2.31. The highest BCUT2D eigenvalue weighted by molar-refractivity contribution is 6.32. The standard InChI is InChI=1S/C13H16ClF3N2O2/c1-8(6-21-10-2-3-20-7-10)19-12-11(14)4-9(5-18-12)13(15,16)17/h4-5,8,10H,2-3,6-7H2,1H3,(H,18,19). The molecule has 2 unspecified atom stereocenters. The van der Waals surface area contributed by atoms with Crippen LogP contribution in [0.3, 0.4) is 0 Å². The van der Waals surface area contributed by atoms with Gasteiger partial charge in [-0.3, -0.25) is 0 Å². The fourth-order valence-corrected chi connectivity index (χ4v) is 2.12. The second kappa shape index (κ2) is 6.81. The number of anilines is 1. The first kappa shape index (κ1) is 16.3. The Kier molecular flexibility index (Phi) is 5.29. The Hall–Kier alpha value is -1.05. The van der Waals surface area contributed by atoms with Gasteiger partial charge in [0.2, 0.25) is 0 Å². The molecule has 0 spiro atoms. The van der Waals surface area contributed by atoms with Crippen molar-refractivity contribution in [3.8, 4) is 0 Å². The zero-order chi connectivity index (χ0) is 15.5. The molecular formula is C13H16ClF3N2O2. The van der Waals surface area contributed by atoms with E-state index >= 15 is 0 Å². The molecule has 0 aliphatic carbocycles. The molecule has 1 fully saturated rings. The maximum atomic E-state index is 12.5. The van der Waals surface area contributed by atoms with Gasteiger partial charge in [-0.2, -0.15) is 13.2 Å². The van der Waals surface area contributed by atoms with E-state index in [1.165, 1.54) is 0 Å². The second-order valence-electron chi connectivity index (χ2n) is 4.92. The number of nitrogens with zero attached hydrogens (tertiary/aromatic N) is 1. The summed E-state index contributed by atoms with van der Waals surface area (Å²) in [6.45, 7) is 3.50. The molecule has 1 aromatic rings. The van der Waals surface area contributed by atoms with Gasteiger partial charge in [-0.1, -0.05) is 11.6 Å². The highest BCUT2D eigenvalue weighted by Crippen LogP contribution is 2.32. The third-order valence-corrected chi connectivity index (χ3v) is 3.31. The van der Waals surface area contributed by atoms with Gasteiger partial charge in [-0.15, -0.1) is 0 Å². The number of halogens is 4. The van der Waals surface area contributed by atoms with Crippen molar-refractivity contribution in [2.45, 2.75) is 31.7 Å². The fourth-order valence-electron chi connectivity index (χ4n) is 1.90. The Bertz CT molecular complexity index is 479. The Morgan fingerprint density at radius 3 is 2.90 bits per heavy atom. The molecular weight excluding hydrogens is 309 g/mol. The van der Waals surface area contributed by atoms with Crippen LogP contribution in [0, 0.1) is 0 Å². The van der Waals surface area contributed by atoms with E-state index in [4.69, 9.17) is 21.1 Å². The molecule has 1 aliphatic rings. The lowest BCUT2D eigenvalue weighted by Gasteiger charge is -2.18. The molecule has 2 rings (SSSR count). The van der Waals surface area contributed by atoms with Crippen LogP contribution in [0.15, 0.2) is 12.3 Å². The number of alkyl halides is 3. The lowest BCUT2D eigenvalue weighted by atomic mass is 10.2. The van der Waals surface area contributed by atoms with Crippen LogP contribution in [-0.2, 0) is 15.7 Å². The maximum Gasteiger partial charge on any atom is 0.417 e. The van der Waals surface area contributed by atoms with Crippen molar-refractivity contribution >= 4 is 17.4 Å². The van der Waals surface area contributed by atoms with Crippen LogP contribution in [-0.4, -0.2) is 37.0 Å². The molecule has 118 valence electrons. The minimum Gasteiger partial charge on any atom is -0.379 e. The Balaban J connectivity index is 1.89. The molecule has 2 atom stereocenters. The van der Waals surface area contributed by atoms with E-state index in [1.807, 2.05) is 6.92 Å². The maximum absolute atomic E-state index is 12.5. The SMILES string of the molecule is CC(COC1CCOC1)Nc1ncc(C(F)(F)F)cc1Cl. The van der Waals surface area contributed by atoms with Gasteiger partial charge in [-0.25, -0.2) is 4.98 Å². The molecule has 1 saturated heterocycles. The molecule has 8 heteroatoms. The van der Waals surface area contributed by atoms with Gasteiger partial charge < -0.3 is 14.8 Å². The van der Waals surface area contributed by atoms with Gasteiger partial charge in [-0.05, 0) is 19.4 Å². The Morgan fingerprint density at radius 2 is 2.33 bits per heavy atom. The average molecular weight is 325 g/mol. The first-order valence-corrected chi connectivity index (χ1v) is 6.92. The number of aromatic nitrogens is 1. The third kappa shape index (κ3) is 4.72. The summed E-state index contributed by atoms with van der Waals surface area (Å²) in [5.74, 6) is 0.212. The zero-order valence-electron chi connectivity index (χ0n) is 11.4. The van der Waals surface area contributed by atoms with Gasteiger partial charge in [0.15, 0.2) is 0 Å². The lowest BCUT2D eigenvalue weighted by molar-refractivity contribution is -0.137. The van der Waals surface area contributed by atoms with Crippen molar-refractivity contribution in [2.24, 2.45) is 0 Å². The van der Waals surface area contributed by atoms with Gasteiger partial charge in [0, 0.05) is 18.8 Å².